The lowest BCUT2D eigenvalue weighted by atomic mass is 9.98. The molecule has 0 aliphatic carbocycles. The lowest BCUT2D eigenvalue weighted by Gasteiger charge is -2.39. The van der Waals surface area contributed by atoms with E-state index in [0.717, 1.165) is 41.8 Å². The number of esters is 1. The molecule has 0 bridgehead atoms. The number of hydrogen-bond donors (Lipinski definition) is 1. The number of thiophene rings is 1. The van der Waals surface area contributed by atoms with Crippen LogP contribution in [0.5, 0.6) is 0 Å². The molecule has 30 heavy (non-hydrogen) atoms. The number of benzene rings is 1. The van der Waals surface area contributed by atoms with Gasteiger partial charge in [-0.25, -0.2) is 4.79 Å². The van der Waals surface area contributed by atoms with Crippen molar-refractivity contribution in [2.75, 3.05) is 12.0 Å². The Balaban J connectivity index is 1.57. The molecule has 160 valence electrons. The first-order valence-corrected chi connectivity index (χ1v) is 11.3. The monoisotopic (exact) mass is 427 g/mol. The molecule has 2 aromatic rings. The summed E-state index contributed by atoms with van der Waals surface area (Å²) in [6.07, 6.45) is 8.89. The molecule has 1 unspecified atom stereocenters. The van der Waals surface area contributed by atoms with Crippen molar-refractivity contribution in [3.63, 3.8) is 0 Å². The fraction of sp³-hybridized carbons (Fsp3) is 0.417. The lowest BCUT2D eigenvalue weighted by Crippen LogP contribution is -2.51. The van der Waals surface area contributed by atoms with Gasteiger partial charge in [-0.15, -0.1) is 11.3 Å². The third-order valence-electron chi connectivity index (χ3n) is 5.35. The predicted octanol–water partition coefficient (Wildman–Crippen LogP) is 5.05. The average molecular weight is 428 g/mol. The molecule has 1 aromatic heterocycles. The number of carbonyl (C=O) groups is 2. The number of aliphatic hydroxyl groups excluding tert-OH is 1. The molecule has 1 saturated heterocycles. The van der Waals surface area contributed by atoms with Gasteiger partial charge < -0.3 is 14.7 Å². The number of nitrogens with zero attached hydrogens (tertiary/aromatic N) is 1. The topological polar surface area (TPSA) is 66.8 Å². The summed E-state index contributed by atoms with van der Waals surface area (Å²) in [6, 6.07) is 11.4. The van der Waals surface area contributed by atoms with Gasteiger partial charge in [-0.1, -0.05) is 50.5 Å². The van der Waals surface area contributed by atoms with Gasteiger partial charge in [0.2, 0.25) is 5.91 Å². The van der Waals surface area contributed by atoms with Crippen LogP contribution in [0, 0.1) is 0 Å². The van der Waals surface area contributed by atoms with Crippen LogP contribution in [0.25, 0.3) is 0 Å². The molecule has 1 amide bonds. The largest absolute Gasteiger partial charge is 0.465 e. The Kier molecular flexibility index (Phi) is 7.82. The van der Waals surface area contributed by atoms with Crippen molar-refractivity contribution in [2.45, 2.75) is 57.6 Å². The number of aliphatic hydroxyl groups is 1. The van der Waals surface area contributed by atoms with Crippen molar-refractivity contribution in [3.05, 3.63) is 63.9 Å². The summed E-state index contributed by atoms with van der Waals surface area (Å²) in [6.45, 7) is 2.15. The molecule has 2 heterocycles. The molecule has 3 rings (SSSR count). The van der Waals surface area contributed by atoms with Gasteiger partial charge in [0.05, 0.1) is 25.7 Å². The lowest BCUT2D eigenvalue weighted by molar-refractivity contribution is -0.123. The molecule has 1 aliphatic heterocycles. The summed E-state index contributed by atoms with van der Waals surface area (Å²) in [5, 5.41) is 10.3. The van der Waals surface area contributed by atoms with Crippen molar-refractivity contribution >= 4 is 28.9 Å². The van der Waals surface area contributed by atoms with Gasteiger partial charge in [0.1, 0.15) is 4.88 Å². The first-order valence-electron chi connectivity index (χ1n) is 10.5. The van der Waals surface area contributed by atoms with E-state index in [2.05, 4.69) is 6.92 Å². The molecule has 1 N–H and O–H groups in total. The van der Waals surface area contributed by atoms with Gasteiger partial charge in [0.15, 0.2) is 0 Å². The first kappa shape index (κ1) is 22.2. The van der Waals surface area contributed by atoms with Crippen LogP contribution in [0.1, 0.15) is 65.2 Å². The highest BCUT2D eigenvalue weighted by Crippen LogP contribution is 2.30. The number of ether oxygens (including phenoxy) is 1. The Morgan fingerprint density at radius 1 is 1.27 bits per heavy atom. The Morgan fingerprint density at radius 2 is 2.03 bits per heavy atom. The van der Waals surface area contributed by atoms with Gasteiger partial charge in [-0.05, 0) is 42.7 Å². The smallest absolute Gasteiger partial charge is 0.348 e. The number of carbonyl (C=O) groups excluding carboxylic acids is 2. The summed E-state index contributed by atoms with van der Waals surface area (Å²) >= 11 is 1.42. The molecule has 0 spiro atoms. The fourth-order valence-electron chi connectivity index (χ4n) is 3.58. The molecule has 6 heteroatoms. The molecule has 1 fully saturated rings. The summed E-state index contributed by atoms with van der Waals surface area (Å²) in [5.41, 5.74) is 1.75. The fourth-order valence-corrected chi connectivity index (χ4v) is 4.48. The van der Waals surface area contributed by atoms with E-state index in [-0.39, 0.29) is 17.9 Å². The highest BCUT2D eigenvalue weighted by atomic mass is 32.1. The summed E-state index contributed by atoms with van der Waals surface area (Å²) < 4.78 is 4.73. The highest BCUT2D eigenvalue weighted by Gasteiger charge is 2.35. The van der Waals surface area contributed by atoms with E-state index in [1.165, 1.54) is 18.4 Å². The van der Waals surface area contributed by atoms with Gasteiger partial charge in [-0.2, -0.15) is 0 Å². The van der Waals surface area contributed by atoms with Crippen molar-refractivity contribution < 1.29 is 19.4 Å². The van der Waals surface area contributed by atoms with Crippen molar-refractivity contribution in [1.82, 2.24) is 0 Å². The van der Waals surface area contributed by atoms with Crippen LogP contribution in [0.2, 0.25) is 0 Å². The van der Waals surface area contributed by atoms with Crippen molar-refractivity contribution in [3.8, 4) is 0 Å². The zero-order valence-corrected chi connectivity index (χ0v) is 18.4. The molecule has 2 atom stereocenters. The van der Waals surface area contributed by atoms with E-state index >= 15 is 0 Å². The van der Waals surface area contributed by atoms with Crippen LogP contribution in [0.15, 0.2) is 48.6 Å². The third kappa shape index (κ3) is 5.37. The van der Waals surface area contributed by atoms with Crippen LogP contribution in [-0.4, -0.2) is 30.1 Å². The number of hydrogen-bond acceptors (Lipinski definition) is 5. The van der Waals surface area contributed by atoms with E-state index in [4.69, 9.17) is 4.74 Å². The van der Waals surface area contributed by atoms with E-state index in [9.17, 15) is 14.7 Å². The van der Waals surface area contributed by atoms with Crippen LogP contribution in [0.3, 0.4) is 0 Å². The van der Waals surface area contributed by atoms with Crippen molar-refractivity contribution in [1.29, 1.82) is 0 Å². The predicted molar refractivity (Wildman–Crippen MR) is 120 cm³/mol. The van der Waals surface area contributed by atoms with E-state index in [1.807, 2.05) is 42.5 Å². The SMILES string of the molecule is CCCCCC(O)c1ccc(N2C(=O)C[C@@H]2/C=C\Cc2ccc(C(=O)OC)s2)cc1. The zero-order valence-electron chi connectivity index (χ0n) is 17.5. The Morgan fingerprint density at radius 3 is 2.70 bits per heavy atom. The maximum Gasteiger partial charge on any atom is 0.348 e. The standard InChI is InChI=1S/C24H29NO4S/c1-3-4-5-9-21(26)17-10-12-18(13-11-17)25-19(16-23(25)27)7-6-8-20-14-15-22(30-20)24(28)29-2/h6-7,10-15,19,21,26H,3-5,8-9,16H2,1-2H3/b7-6-/t19-,21?/m0/s1. The van der Waals surface area contributed by atoms with Gasteiger partial charge in [0.25, 0.3) is 0 Å². The molecule has 1 aliphatic rings. The summed E-state index contributed by atoms with van der Waals surface area (Å²) in [5.74, 6) is -0.213. The number of amides is 1. The minimum atomic E-state index is -0.450. The maximum atomic E-state index is 12.2. The van der Waals surface area contributed by atoms with Gasteiger partial charge >= 0.3 is 5.97 Å². The van der Waals surface area contributed by atoms with Gasteiger partial charge in [0, 0.05) is 10.6 Å². The molecular formula is C24H29NO4S. The normalized spacial score (nSPS) is 17.2. The molecule has 1 aromatic carbocycles. The Labute approximate surface area is 182 Å². The minimum Gasteiger partial charge on any atom is -0.465 e. The number of allylic oxidation sites excluding steroid dienone is 1. The second-order valence-electron chi connectivity index (χ2n) is 7.53. The van der Waals surface area contributed by atoms with E-state index < -0.39 is 6.10 Å². The quantitative estimate of drug-likeness (QED) is 0.249. The number of unbranched alkanes of at least 4 members (excludes halogenated alkanes) is 2. The molecule has 0 radical (unpaired) electrons. The molecular weight excluding hydrogens is 398 g/mol. The number of methoxy groups -OCH3 is 1. The molecule has 5 nitrogen and oxygen atoms in total. The first-order chi connectivity index (χ1) is 14.5. The third-order valence-corrected chi connectivity index (χ3v) is 6.43. The zero-order chi connectivity index (χ0) is 21.5. The summed E-state index contributed by atoms with van der Waals surface area (Å²) in [7, 11) is 1.38. The van der Waals surface area contributed by atoms with Gasteiger partial charge in [-0.3, -0.25) is 4.79 Å². The molecule has 0 saturated carbocycles. The highest BCUT2D eigenvalue weighted by molar-refractivity contribution is 7.13. The number of β-lactam (4-membered cyclic amide) rings is 1. The maximum absolute atomic E-state index is 12.2. The van der Waals surface area contributed by atoms with Crippen LogP contribution < -0.4 is 4.90 Å². The second kappa shape index (κ2) is 10.5. The van der Waals surface area contributed by atoms with E-state index in [1.54, 1.807) is 11.0 Å². The average Bonchev–Trinajstić information content (AvgIpc) is 3.22. The number of anilines is 1. The Hall–Kier alpha value is -2.44. The summed E-state index contributed by atoms with van der Waals surface area (Å²) in [4.78, 5) is 27.2. The Bertz CT molecular complexity index is 887. The van der Waals surface area contributed by atoms with Crippen molar-refractivity contribution in [2.24, 2.45) is 0 Å². The van der Waals surface area contributed by atoms with E-state index in [0.29, 0.717) is 17.7 Å². The second-order valence-corrected chi connectivity index (χ2v) is 8.70. The minimum absolute atomic E-state index is 0.0397. The van der Waals surface area contributed by atoms with Crippen LogP contribution in [0.4, 0.5) is 5.69 Å². The van der Waals surface area contributed by atoms with Crippen LogP contribution in [-0.2, 0) is 16.0 Å². The van der Waals surface area contributed by atoms with Crippen LogP contribution >= 0.6 is 11.3 Å². The number of rotatable bonds is 10.